The monoisotopic (exact) mass is 1610 g/mol. The maximum absolute atomic E-state index is 15.2. The number of aromatic nitrogens is 11. The fraction of sp³-hybridized carbons (Fsp3) is 0.195. The lowest BCUT2D eigenvalue weighted by Crippen LogP contribution is -2.34. The first-order valence-corrected chi connectivity index (χ1v) is 37.8. The molecule has 1 atom stereocenters. The normalized spacial score (nSPS) is 13.0. The lowest BCUT2D eigenvalue weighted by Gasteiger charge is -2.22. The Balaban J connectivity index is 0.000000147. The van der Waals surface area contributed by atoms with Crippen LogP contribution in [0.5, 0.6) is 46.1 Å². The molecule has 2 saturated heterocycles. The molecular weight excluding hydrogens is 1530 g/mol. The van der Waals surface area contributed by atoms with Crippen LogP contribution < -0.4 is 72.7 Å². The van der Waals surface area contributed by atoms with Gasteiger partial charge in [0.15, 0.2) is 29.0 Å². The van der Waals surface area contributed by atoms with Crippen molar-refractivity contribution in [2.24, 2.45) is 26.9 Å². The van der Waals surface area contributed by atoms with E-state index in [1.165, 1.54) is 62.7 Å². The van der Waals surface area contributed by atoms with Crippen molar-refractivity contribution in [3.05, 3.63) is 295 Å². The molecule has 0 saturated carbocycles. The van der Waals surface area contributed by atoms with E-state index < -0.39 is 51.6 Å². The number of halogens is 2. The Labute approximate surface area is 678 Å². The van der Waals surface area contributed by atoms with E-state index in [4.69, 9.17) is 29.4 Å². The van der Waals surface area contributed by atoms with Crippen LogP contribution in [0.25, 0.3) is 38.9 Å². The number of urea groups is 1. The number of likely N-dealkylation sites (tertiary alicyclic amines) is 1. The van der Waals surface area contributed by atoms with Crippen LogP contribution in [0.15, 0.2) is 233 Å². The number of carbonyl (C=O) groups excluding carboxylic acids is 4. The molecule has 2 aliphatic rings. The van der Waals surface area contributed by atoms with Crippen LogP contribution in [0.3, 0.4) is 0 Å². The van der Waals surface area contributed by atoms with Crippen molar-refractivity contribution in [1.29, 1.82) is 0 Å². The fourth-order valence-electron chi connectivity index (χ4n) is 14.2. The molecule has 0 aliphatic carbocycles. The van der Waals surface area contributed by atoms with E-state index in [0.29, 0.717) is 86.7 Å². The highest BCUT2D eigenvalue weighted by molar-refractivity contribution is 6.06. The summed E-state index contributed by atoms with van der Waals surface area (Å²) in [6.45, 7) is 7.28. The second-order valence-electron chi connectivity index (χ2n) is 28.3. The van der Waals surface area contributed by atoms with Gasteiger partial charge < -0.3 is 55.6 Å². The number of para-hydroxylation sites is 3. The molecule has 2 aliphatic heterocycles. The lowest BCUT2D eigenvalue weighted by molar-refractivity contribution is 0.101. The number of amides is 5. The number of carbonyl (C=O) groups is 4. The summed E-state index contributed by atoms with van der Waals surface area (Å²) in [6.07, 6.45) is 8.30. The number of hydrogen-bond acceptors (Lipinski definition) is 19. The van der Waals surface area contributed by atoms with Crippen molar-refractivity contribution in [3.8, 4) is 63.2 Å². The van der Waals surface area contributed by atoms with E-state index in [0.717, 1.165) is 43.7 Å². The SMILES string of the molecule is COc1ccc2c(Oc3ccc(NC(=O)c4c(C)n(C)n(-c5ccccc5)c4=O)nn3)ccnc2c1.COc1ccc2c(Oc3ccc(NC(=O)c4c(C5CCCN5)n(C)n(-c5ccccc5)c4=O)cc3F)ccnc2c1.Cn1c(C(C)(C)N)c(C(=O)Nc2ccc(Oc3ccnc(NC(=O)N4CCCC4)c3)c(F)c2)c(=O)n1-c1ccccc1. The van der Waals surface area contributed by atoms with Crippen LogP contribution in [-0.2, 0) is 26.7 Å². The average Bonchev–Trinajstić information content (AvgIpc) is 1.61. The third-order valence-electron chi connectivity index (χ3n) is 19.9. The Bertz CT molecular complexity index is 6330. The van der Waals surface area contributed by atoms with Crippen molar-refractivity contribution >= 4 is 68.6 Å². The molecule has 2 fully saturated rings. The van der Waals surface area contributed by atoms with Crippen molar-refractivity contribution in [1.82, 2.24) is 63.5 Å². The number of nitrogens with zero attached hydrogens (tertiary/aromatic N) is 12. The van der Waals surface area contributed by atoms with Gasteiger partial charge in [0, 0.05) is 111 Å². The van der Waals surface area contributed by atoms with Crippen LogP contribution >= 0.6 is 0 Å². The minimum absolute atomic E-state index is 0.0201. The van der Waals surface area contributed by atoms with Crippen LogP contribution in [0.4, 0.5) is 36.6 Å². The van der Waals surface area contributed by atoms with Gasteiger partial charge in [-0.25, -0.2) is 32.6 Å². The highest BCUT2D eigenvalue weighted by Gasteiger charge is 2.35. The molecule has 14 aromatic rings. The highest BCUT2D eigenvalue weighted by atomic mass is 19.1. The van der Waals surface area contributed by atoms with E-state index >= 15 is 8.78 Å². The second-order valence-corrected chi connectivity index (χ2v) is 28.3. The molecule has 0 bridgehead atoms. The van der Waals surface area contributed by atoms with Crippen LogP contribution in [-0.4, -0.2) is 116 Å². The molecule has 606 valence electrons. The number of rotatable bonds is 20. The average molecular weight is 1610 g/mol. The summed E-state index contributed by atoms with van der Waals surface area (Å²) in [5, 5.41) is 23.7. The number of methoxy groups -OCH3 is 2. The standard InChI is InChI=1S/C31H28FN5O4.C30H32FN7O4.C26H22N6O4/c1-36-29(24-9-6-15-33-24)28(31(39)37(36)20-7-4-3-5-8-20)30(38)35-19-10-13-27(23(32)17-19)41-26-14-16-34-25-18-21(40-2)11-12-22(25)26;1-30(2,32)26-25(28(40)38(36(26)3)20-9-5-4-6-10-20)27(39)34-19-11-12-23(22(31)17-19)42-21-13-14-33-24(18-21)35-29(41)37-15-7-8-16-37;1-16-24(26(34)32(31(16)2)17-7-5-4-6-8-17)25(33)28-22-11-12-23(30-29-22)36-21-13-14-27-20-15-18(35-3)9-10-19(20)21/h3-5,7-8,10-14,16-18,24,33H,6,9,15H2,1-2H3,(H,35,38);4-6,9-14,17-18H,7-8,15-16,32H2,1-3H3,(H,34,39)(H,33,35,41);4-15H,1-3H3,(H,28,29,33). The van der Waals surface area contributed by atoms with Crippen LogP contribution in [0, 0.1) is 18.6 Å². The largest absolute Gasteiger partial charge is 0.497 e. The Morgan fingerprint density at radius 1 is 0.487 bits per heavy atom. The Morgan fingerprint density at radius 2 is 0.992 bits per heavy atom. The predicted molar refractivity (Wildman–Crippen MR) is 445 cm³/mol. The van der Waals surface area contributed by atoms with E-state index in [-0.39, 0.29) is 74.9 Å². The zero-order chi connectivity index (χ0) is 83.8. The zero-order valence-corrected chi connectivity index (χ0v) is 65.9. The van der Waals surface area contributed by atoms with Crippen LogP contribution in [0.2, 0.25) is 0 Å². The molecule has 9 heterocycles. The molecule has 0 radical (unpaired) electrons. The number of hydrogen-bond donors (Lipinski definition) is 6. The Hall–Kier alpha value is -14.9. The molecule has 7 aromatic heterocycles. The zero-order valence-electron chi connectivity index (χ0n) is 65.9. The van der Waals surface area contributed by atoms with Gasteiger partial charge in [0.05, 0.1) is 71.0 Å². The van der Waals surface area contributed by atoms with Gasteiger partial charge >= 0.3 is 6.03 Å². The van der Waals surface area contributed by atoms with E-state index in [1.807, 2.05) is 72.8 Å². The summed E-state index contributed by atoms with van der Waals surface area (Å²) in [7, 11) is 8.32. The first kappa shape index (κ1) is 80.7. The topological polar surface area (TPSA) is 349 Å². The number of nitrogens with one attached hydrogen (secondary N) is 5. The first-order chi connectivity index (χ1) is 57.4. The number of fused-ring (bicyclic) bond motifs is 2. The maximum atomic E-state index is 15.2. The highest BCUT2D eigenvalue weighted by Crippen LogP contribution is 2.36. The van der Waals surface area contributed by atoms with Crippen LogP contribution in [0.1, 0.15) is 93.7 Å². The summed E-state index contributed by atoms with van der Waals surface area (Å²) in [5.74, 6) is -0.174. The summed E-state index contributed by atoms with van der Waals surface area (Å²) in [4.78, 5) is 107. The van der Waals surface area contributed by atoms with Crippen molar-refractivity contribution < 1.29 is 51.6 Å². The van der Waals surface area contributed by atoms with Crippen molar-refractivity contribution in [2.75, 3.05) is 55.1 Å². The molecule has 7 aromatic carbocycles. The van der Waals surface area contributed by atoms with Gasteiger partial charge in [0.1, 0.15) is 51.3 Å². The van der Waals surface area contributed by atoms with Gasteiger partial charge in [-0.2, -0.15) is 0 Å². The van der Waals surface area contributed by atoms with Gasteiger partial charge in [-0.3, -0.25) is 58.1 Å². The third kappa shape index (κ3) is 17.5. The minimum atomic E-state index is -1.04. The van der Waals surface area contributed by atoms with Gasteiger partial charge in [-0.05, 0) is 162 Å². The van der Waals surface area contributed by atoms with Gasteiger partial charge in [-0.15, -0.1) is 10.2 Å². The van der Waals surface area contributed by atoms with E-state index in [9.17, 15) is 33.6 Å². The molecule has 0 spiro atoms. The third-order valence-corrected chi connectivity index (χ3v) is 19.9. The molecule has 30 nitrogen and oxygen atoms in total. The molecule has 32 heteroatoms. The van der Waals surface area contributed by atoms with E-state index in [1.54, 1.807) is 166 Å². The quantitative estimate of drug-likeness (QED) is 0.0413. The smallest absolute Gasteiger partial charge is 0.323 e. The van der Waals surface area contributed by atoms with Gasteiger partial charge in [-0.1, -0.05) is 54.6 Å². The second kappa shape index (κ2) is 35.0. The first-order valence-electron chi connectivity index (χ1n) is 37.8. The molecule has 16 rings (SSSR count). The number of nitrogens with two attached hydrogens (primary N) is 1. The number of pyridine rings is 3. The van der Waals surface area contributed by atoms with Crippen molar-refractivity contribution in [2.45, 2.75) is 58.0 Å². The van der Waals surface area contributed by atoms with Crippen molar-refractivity contribution in [3.63, 3.8) is 0 Å². The fourth-order valence-corrected chi connectivity index (χ4v) is 14.2. The molecule has 5 amide bonds. The van der Waals surface area contributed by atoms with E-state index in [2.05, 4.69) is 51.7 Å². The van der Waals surface area contributed by atoms with Gasteiger partial charge in [0.2, 0.25) is 5.88 Å². The number of anilines is 4. The summed E-state index contributed by atoms with van der Waals surface area (Å²) in [5.41, 5.74) is 8.80. The summed E-state index contributed by atoms with van der Waals surface area (Å²) < 4.78 is 67.5. The number of benzene rings is 7. The maximum Gasteiger partial charge on any atom is 0.323 e. The van der Waals surface area contributed by atoms with Gasteiger partial charge in [0.25, 0.3) is 34.4 Å². The summed E-state index contributed by atoms with van der Waals surface area (Å²) in [6, 6.07) is 55.1. The molecule has 119 heavy (non-hydrogen) atoms. The molecular formula is C87H82F2N18O12. The lowest BCUT2D eigenvalue weighted by atomic mass is 9.97. The Kier molecular flexibility index (Phi) is 23.8. The minimum Gasteiger partial charge on any atom is -0.497 e. The molecule has 7 N–H and O–H groups in total. The summed E-state index contributed by atoms with van der Waals surface area (Å²) >= 11 is 0. The number of ether oxygens (including phenoxy) is 5. The Morgan fingerprint density at radius 3 is 1.51 bits per heavy atom. The predicted octanol–water partition coefficient (Wildman–Crippen LogP) is 13.8. The molecule has 1 unspecified atom stereocenters.